The molecule has 3 aliphatic heterocycles. The van der Waals surface area contributed by atoms with Gasteiger partial charge in [-0.2, -0.15) is 0 Å². The van der Waals surface area contributed by atoms with Gasteiger partial charge < -0.3 is 64.2 Å². The Morgan fingerprint density at radius 2 is 1.69 bits per heavy atom. The molecule has 3 aliphatic rings. The maximum Gasteiger partial charge on any atom is 0.311 e. The summed E-state index contributed by atoms with van der Waals surface area (Å²) in [6.45, 7) is 17.8. The Morgan fingerprint density at radius 3 is 2.28 bits per heavy atom. The number of carbonyl (C=O) groups is 2. The highest BCUT2D eigenvalue weighted by Gasteiger charge is 2.53. The Kier molecular flexibility index (Phi) is 19.7. The first-order valence-corrected chi connectivity index (χ1v) is 21.9. The molecule has 3 saturated heterocycles. The van der Waals surface area contributed by atoms with Crippen molar-refractivity contribution in [3.63, 3.8) is 0 Å². The lowest BCUT2D eigenvalue weighted by atomic mass is 9.77. The predicted octanol–water partition coefficient (Wildman–Crippen LogP) is 2.09. The summed E-state index contributed by atoms with van der Waals surface area (Å²) >= 11 is 0. The molecule has 6 N–H and O–H groups in total. The van der Waals surface area contributed by atoms with Gasteiger partial charge in [-0.15, -0.1) is 0 Å². The molecule has 3 rings (SSSR count). The van der Waals surface area contributed by atoms with E-state index in [1.165, 1.54) is 14.0 Å². The van der Waals surface area contributed by atoms with Crippen LogP contribution in [-0.4, -0.2) is 185 Å². The Morgan fingerprint density at radius 1 is 1.03 bits per heavy atom. The van der Waals surface area contributed by atoms with E-state index in [1.807, 2.05) is 37.7 Å². The van der Waals surface area contributed by atoms with Gasteiger partial charge in [0.2, 0.25) is 5.91 Å². The number of aliphatic hydroxyl groups is 5. The van der Waals surface area contributed by atoms with Crippen LogP contribution in [0.25, 0.3) is 10.4 Å². The Balaban J connectivity index is 2.16. The second-order valence-corrected chi connectivity index (χ2v) is 18.8. The fraction of sp³-hybridized carbons (Fsp3) is 0.952. The number of ether oxygens (including phenoxy) is 6. The standard InChI is InChI=1S/C42H78N6O13/c1-14-30-42(10,55)35(51)27(6)48(17-15-16-44-31(49)21-45-46-43)22-23(2)19-40(8,54)37(61-39-33(50)29(47(11)12)18-24(3)57-39)25(4)34(26(5)38(53)59-30)60-32-20-41(9,56-13)36(52)28(7)58-32/h23-30,32-37,39,50-52,54-55H,14-22H2,1-13H3,(H,44,49)/t23-,24-,25+,26-,27-,28+,29+,30-,32+,33-,34+,35-,36+,37-,39+,40-,41-,42-/m1/s1. The summed E-state index contributed by atoms with van der Waals surface area (Å²) in [4.78, 5) is 33.0. The molecule has 61 heavy (non-hydrogen) atoms. The van der Waals surface area contributed by atoms with E-state index in [-0.39, 0.29) is 50.4 Å². The maximum absolute atomic E-state index is 14.4. The number of esters is 1. The Labute approximate surface area is 362 Å². The molecule has 3 fully saturated rings. The fourth-order valence-electron chi connectivity index (χ4n) is 9.56. The lowest BCUT2D eigenvalue weighted by molar-refractivity contribution is -0.318. The molecule has 1 amide bonds. The molecule has 0 aromatic heterocycles. The Hall–Kier alpha value is -2.23. The van der Waals surface area contributed by atoms with Crippen LogP contribution in [-0.2, 0) is 38.0 Å². The van der Waals surface area contributed by atoms with E-state index in [9.17, 15) is 35.1 Å². The molecule has 354 valence electrons. The molecule has 0 aromatic rings. The minimum Gasteiger partial charge on any atom is -0.459 e. The molecule has 0 spiro atoms. The number of hydrogen-bond acceptors (Lipinski definition) is 16. The zero-order valence-electron chi connectivity index (χ0n) is 38.8. The smallest absolute Gasteiger partial charge is 0.311 e. The SMILES string of the molecule is CC[C@H]1OC(=O)[C@H](C)[C@@H](O[C@H]2C[C@@](C)(OC)[C@@H](O)[C@H](C)O2)[C@H](C)[C@@H](O[C@@H]2O[C@H](C)C[C@H](N(C)C)[C@H]2O)[C@](C)(O)C[C@@H](C)CN(CCCNC(=O)CN=[N+]=[N-])[C@H](C)[C@@H](O)[C@]1(C)O. The monoisotopic (exact) mass is 875 g/mol. The van der Waals surface area contributed by atoms with Crippen molar-refractivity contribution in [1.82, 2.24) is 15.1 Å². The highest BCUT2D eigenvalue weighted by atomic mass is 16.7. The van der Waals surface area contributed by atoms with E-state index in [2.05, 4.69) is 15.3 Å². The van der Waals surface area contributed by atoms with Gasteiger partial charge in [-0.3, -0.25) is 14.5 Å². The topological polar surface area (TPSA) is 258 Å². The van der Waals surface area contributed by atoms with Gasteiger partial charge in [0.15, 0.2) is 12.6 Å². The molecule has 0 aliphatic carbocycles. The van der Waals surface area contributed by atoms with Crippen LogP contribution < -0.4 is 5.32 Å². The summed E-state index contributed by atoms with van der Waals surface area (Å²) in [6, 6.07) is -1.03. The number of methoxy groups -OCH3 is 1. The first-order chi connectivity index (χ1) is 28.3. The molecular formula is C42H78N6O13. The quantitative estimate of drug-likeness (QED) is 0.0509. The number of nitrogens with one attached hydrogen (secondary N) is 1. The zero-order chi connectivity index (χ0) is 46.2. The number of nitrogens with zero attached hydrogens (tertiary/aromatic N) is 5. The lowest BCUT2D eigenvalue weighted by Crippen LogP contribution is -2.60. The van der Waals surface area contributed by atoms with Gasteiger partial charge in [0.1, 0.15) is 36.6 Å². The van der Waals surface area contributed by atoms with Gasteiger partial charge in [0.25, 0.3) is 0 Å². The largest absolute Gasteiger partial charge is 0.459 e. The van der Waals surface area contributed by atoms with Gasteiger partial charge in [0, 0.05) is 56.1 Å². The second-order valence-electron chi connectivity index (χ2n) is 18.8. The average Bonchev–Trinajstić information content (AvgIpc) is 3.19. The van der Waals surface area contributed by atoms with Crippen LogP contribution in [0.1, 0.15) is 101 Å². The summed E-state index contributed by atoms with van der Waals surface area (Å²) in [5, 5.41) is 65.4. The van der Waals surface area contributed by atoms with Crippen LogP contribution in [0.3, 0.4) is 0 Å². The van der Waals surface area contributed by atoms with Crippen molar-refractivity contribution in [2.45, 2.75) is 192 Å². The summed E-state index contributed by atoms with van der Waals surface area (Å²) < 4.78 is 37.8. The van der Waals surface area contributed by atoms with Crippen molar-refractivity contribution >= 4 is 11.9 Å². The van der Waals surface area contributed by atoms with Crippen molar-refractivity contribution in [3.8, 4) is 0 Å². The predicted molar refractivity (Wildman–Crippen MR) is 225 cm³/mol. The van der Waals surface area contributed by atoms with Crippen LogP contribution in [0.15, 0.2) is 5.11 Å². The summed E-state index contributed by atoms with van der Waals surface area (Å²) in [6.07, 6.45) is -8.73. The highest BCUT2D eigenvalue weighted by molar-refractivity contribution is 5.78. The van der Waals surface area contributed by atoms with Gasteiger partial charge >= 0.3 is 5.97 Å². The maximum atomic E-state index is 14.4. The van der Waals surface area contributed by atoms with Crippen LogP contribution >= 0.6 is 0 Å². The van der Waals surface area contributed by atoms with E-state index < -0.39 is 102 Å². The molecule has 0 radical (unpaired) electrons. The summed E-state index contributed by atoms with van der Waals surface area (Å²) in [5.41, 5.74) is 3.92. The number of hydrogen-bond donors (Lipinski definition) is 6. The van der Waals surface area contributed by atoms with Crippen molar-refractivity contribution in [2.75, 3.05) is 47.4 Å². The number of amides is 1. The van der Waals surface area contributed by atoms with E-state index in [0.29, 0.717) is 25.9 Å². The Bertz CT molecular complexity index is 1450. The van der Waals surface area contributed by atoms with Crippen LogP contribution in [0, 0.1) is 17.8 Å². The normalized spacial score (nSPS) is 43.7. The third-order valence-electron chi connectivity index (χ3n) is 13.3. The molecule has 0 saturated carbocycles. The summed E-state index contributed by atoms with van der Waals surface area (Å²) in [7, 11) is 5.22. The molecule has 0 bridgehead atoms. The third-order valence-corrected chi connectivity index (χ3v) is 13.3. The van der Waals surface area contributed by atoms with Crippen molar-refractivity contribution < 1.29 is 63.5 Å². The van der Waals surface area contributed by atoms with Crippen LogP contribution in [0.2, 0.25) is 0 Å². The average molecular weight is 875 g/mol. The summed E-state index contributed by atoms with van der Waals surface area (Å²) in [5.74, 6) is -3.36. The molecule has 19 heteroatoms. The molecular weight excluding hydrogens is 796 g/mol. The van der Waals surface area contributed by atoms with E-state index >= 15 is 0 Å². The van der Waals surface area contributed by atoms with Gasteiger partial charge in [-0.25, -0.2) is 0 Å². The number of aliphatic hydroxyl groups excluding tert-OH is 3. The van der Waals surface area contributed by atoms with E-state index in [0.717, 1.165) is 0 Å². The van der Waals surface area contributed by atoms with Gasteiger partial charge in [0.05, 0.1) is 41.5 Å². The molecule has 18 atom stereocenters. The van der Waals surface area contributed by atoms with Crippen LogP contribution in [0.5, 0.6) is 0 Å². The lowest BCUT2D eigenvalue weighted by Gasteiger charge is -2.48. The first kappa shape index (κ1) is 53.1. The number of azide groups is 1. The van der Waals surface area contributed by atoms with Crippen molar-refractivity contribution in [1.29, 1.82) is 0 Å². The van der Waals surface area contributed by atoms with Crippen LogP contribution in [0.4, 0.5) is 0 Å². The molecule has 0 aromatic carbocycles. The molecule has 0 unspecified atom stereocenters. The highest BCUT2D eigenvalue weighted by Crippen LogP contribution is 2.40. The minimum absolute atomic E-state index is 0.0924. The number of rotatable bonds is 13. The third kappa shape index (κ3) is 13.4. The van der Waals surface area contributed by atoms with Crippen molar-refractivity contribution in [3.05, 3.63) is 10.4 Å². The van der Waals surface area contributed by atoms with E-state index in [1.54, 1.807) is 48.5 Å². The number of cyclic esters (lactones) is 1. The number of likely N-dealkylation sites (N-methyl/N-ethyl adjacent to an activating group) is 1. The fourth-order valence-corrected chi connectivity index (χ4v) is 9.56. The first-order valence-electron chi connectivity index (χ1n) is 21.9. The van der Waals surface area contributed by atoms with Crippen molar-refractivity contribution in [2.24, 2.45) is 22.9 Å². The van der Waals surface area contributed by atoms with E-state index in [4.69, 9.17) is 34.0 Å². The second kappa shape index (κ2) is 22.6. The minimum atomic E-state index is -1.93. The molecule has 3 heterocycles. The van der Waals surface area contributed by atoms with Gasteiger partial charge in [-0.1, -0.05) is 25.9 Å². The zero-order valence-corrected chi connectivity index (χ0v) is 38.8. The number of carbonyl (C=O) groups excluding carboxylic acids is 2. The molecule has 19 nitrogen and oxygen atoms in total. The van der Waals surface area contributed by atoms with Gasteiger partial charge in [-0.05, 0) is 99.7 Å².